The van der Waals surface area contributed by atoms with Crippen molar-refractivity contribution in [2.75, 3.05) is 6.61 Å². The first-order valence-corrected chi connectivity index (χ1v) is 9.04. The molecule has 132 valence electrons. The fraction of sp³-hybridized carbons (Fsp3) is 0.444. The summed E-state index contributed by atoms with van der Waals surface area (Å²) >= 11 is 1.44. The van der Waals surface area contributed by atoms with Gasteiger partial charge in [-0.1, -0.05) is 20.8 Å². The Morgan fingerprint density at radius 1 is 1.40 bits per heavy atom. The van der Waals surface area contributed by atoms with Gasteiger partial charge in [0, 0.05) is 27.6 Å². The number of nitrogens with zero attached hydrogens (tertiary/aromatic N) is 1. The van der Waals surface area contributed by atoms with Crippen LogP contribution in [0.25, 0.3) is 20.5 Å². The third-order valence-corrected chi connectivity index (χ3v) is 6.28. The molecule has 3 aromatic heterocycles. The van der Waals surface area contributed by atoms with Gasteiger partial charge in [0.2, 0.25) is 0 Å². The minimum atomic E-state index is -1.23. The van der Waals surface area contributed by atoms with Crippen LogP contribution in [0.4, 0.5) is 0 Å². The summed E-state index contributed by atoms with van der Waals surface area (Å²) in [4.78, 5) is 16.6. The third kappa shape index (κ3) is 2.30. The van der Waals surface area contributed by atoms with Crippen molar-refractivity contribution in [1.82, 2.24) is 15.2 Å². The van der Waals surface area contributed by atoms with Crippen molar-refractivity contribution in [2.45, 2.75) is 39.9 Å². The number of rotatable bonds is 1. The zero-order valence-electron chi connectivity index (χ0n) is 14.7. The molecule has 1 unspecified atom stereocenters. The molecule has 0 amide bonds. The van der Waals surface area contributed by atoms with E-state index in [1.54, 1.807) is 0 Å². The first-order valence-electron chi connectivity index (χ1n) is 8.22. The summed E-state index contributed by atoms with van der Waals surface area (Å²) in [6.45, 7) is 8.31. The second-order valence-electron chi connectivity index (χ2n) is 7.65. The van der Waals surface area contributed by atoms with Crippen LogP contribution in [-0.2, 0) is 16.9 Å². The van der Waals surface area contributed by atoms with Gasteiger partial charge in [-0.2, -0.15) is 5.10 Å². The molecule has 0 radical (unpaired) electrons. The van der Waals surface area contributed by atoms with E-state index in [2.05, 4.69) is 15.2 Å². The lowest BCUT2D eigenvalue weighted by molar-refractivity contribution is -0.139. The van der Waals surface area contributed by atoms with E-state index < -0.39 is 11.0 Å². The number of pyridine rings is 1. The van der Waals surface area contributed by atoms with Crippen molar-refractivity contribution >= 4 is 21.4 Å². The van der Waals surface area contributed by atoms with Gasteiger partial charge in [0.1, 0.15) is 10.3 Å². The number of H-pyrrole nitrogens is 2. The third-order valence-electron chi connectivity index (χ3n) is 5.11. The Kier molecular flexibility index (Phi) is 3.48. The molecule has 7 heteroatoms. The number of aliphatic hydroxyl groups is 1. The molecule has 3 N–H and O–H groups in total. The van der Waals surface area contributed by atoms with Crippen molar-refractivity contribution in [3.05, 3.63) is 39.6 Å². The van der Waals surface area contributed by atoms with E-state index >= 15 is 0 Å². The fourth-order valence-electron chi connectivity index (χ4n) is 3.37. The number of fused-ring (bicyclic) bond motifs is 3. The maximum atomic E-state index is 12.7. The predicted molar refractivity (Wildman–Crippen MR) is 97.8 cm³/mol. The number of aryl methyl sites for hydroxylation is 1. The van der Waals surface area contributed by atoms with Gasteiger partial charge in [-0.3, -0.25) is 9.89 Å². The summed E-state index contributed by atoms with van der Waals surface area (Å²) in [7, 11) is 0. The van der Waals surface area contributed by atoms with Crippen molar-refractivity contribution in [2.24, 2.45) is 5.41 Å². The highest BCUT2D eigenvalue weighted by Gasteiger charge is 2.47. The van der Waals surface area contributed by atoms with E-state index in [4.69, 9.17) is 4.74 Å². The van der Waals surface area contributed by atoms with E-state index in [0.29, 0.717) is 17.0 Å². The number of nitrogens with one attached hydrogen (secondary N) is 2. The summed E-state index contributed by atoms with van der Waals surface area (Å²) in [6, 6.07) is 2.00. The molecule has 1 aliphatic heterocycles. The molecule has 1 atom stereocenters. The predicted octanol–water partition coefficient (Wildman–Crippen LogP) is 3.05. The largest absolute Gasteiger partial charge is 0.381 e. The topological polar surface area (TPSA) is 91.0 Å². The van der Waals surface area contributed by atoms with Crippen molar-refractivity contribution in [1.29, 1.82) is 0 Å². The van der Waals surface area contributed by atoms with Gasteiger partial charge < -0.3 is 14.8 Å². The Labute approximate surface area is 148 Å². The van der Waals surface area contributed by atoms with E-state index in [1.807, 2.05) is 40.0 Å². The number of hydrogen-bond acceptors (Lipinski definition) is 5. The molecular weight excluding hydrogens is 338 g/mol. The van der Waals surface area contributed by atoms with Gasteiger partial charge >= 0.3 is 0 Å². The molecule has 25 heavy (non-hydrogen) atoms. The van der Waals surface area contributed by atoms with Crippen LogP contribution in [0.3, 0.4) is 0 Å². The molecule has 0 spiro atoms. The Morgan fingerprint density at radius 2 is 2.16 bits per heavy atom. The van der Waals surface area contributed by atoms with Gasteiger partial charge in [-0.05, 0) is 18.4 Å². The zero-order valence-corrected chi connectivity index (χ0v) is 15.5. The summed E-state index contributed by atoms with van der Waals surface area (Å²) in [5, 5.41) is 19.1. The van der Waals surface area contributed by atoms with Crippen LogP contribution in [0.15, 0.2) is 17.1 Å². The summed E-state index contributed by atoms with van der Waals surface area (Å²) in [5.41, 5.74) is 1.44. The van der Waals surface area contributed by atoms with Crippen molar-refractivity contribution in [3.8, 4) is 10.4 Å². The lowest BCUT2D eigenvalue weighted by Gasteiger charge is -2.43. The molecule has 0 aromatic carbocycles. The van der Waals surface area contributed by atoms with Crippen molar-refractivity contribution < 1.29 is 9.84 Å². The van der Waals surface area contributed by atoms with Crippen molar-refractivity contribution in [3.63, 3.8) is 0 Å². The van der Waals surface area contributed by atoms with E-state index in [9.17, 15) is 9.90 Å². The Balaban J connectivity index is 2.01. The average Bonchev–Trinajstić information content (AvgIpc) is 3.14. The maximum absolute atomic E-state index is 12.7. The van der Waals surface area contributed by atoms with Gasteiger partial charge in [-0.15, -0.1) is 11.3 Å². The molecule has 4 heterocycles. The molecule has 0 bridgehead atoms. The molecule has 4 rings (SSSR count). The molecule has 0 saturated carbocycles. The smallest absolute Gasteiger partial charge is 0.266 e. The Hall–Kier alpha value is -1.96. The highest BCUT2D eigenvalue weighted by molar-refractivity contribution is 7.22. The fourth-order valence-corrected chi connectivity index (χ4v) is 4.52. The molecule has 6 nitrogen and oxygen atoms in total. The minimum Gasteiger partial charge on any atom is -0.381 e. The normalized spacial score (nSPS) is 20.8. The van der Waals surface area contributed by atoms with E-state index in [-0.39, 0.29) is 12.2 Å². The number of aromatic nitrogens is 3. The molecule has 1 aliphatic rings. The first-order chi connectivity index (χ1) is 11.7. The Bertz CT molecular complexity index is 1020. The summed E-state index contributed by atoms with van der Waals surface area (Å²) in [6.07, 6.45) is 1.84. The molecule has 0 fully saturated rings. The average molecular weight is 359 g/mol. The highest BCUT2D eigenvalue weighted by Crippen LogP contribution is 2.45. The van der Waals surface area contributed by atoms with Crippen LogP contribution in [-0.4, -0.2) is 26.9 Å². The van der Waals surface area contributed by atoms with Crippen LogP contribution in [0, 0.1) is 12.3 Å². The van der Waals surface area contributed by atoms with E-state index in [1.165, 1.54) is 11.3 Å². The number of thiophene rings is 1. The van der Waals surface area contributed by atoms with Gasteiger partial charge in [0.05, 0.1) is 24.6 Å². The number of aromatic amines is 2. The minimum absolute atomic E-state index is 0.169. The maximum Gasteiger partial charge on any atom is 0.266 e. The van der Waals surface area contributed by atoms with Crippen LogP contribution in [0.1, 0.15) is 37.7 Å². The zero-order chi connectivity index (χ0) is 18.0. The van der Waals surface area contributed by atoms with Crippen LogP contribution < -0.4 is 5.56 Å². The second-order valence-corrected chi connectivity index (χ2v) is 8.70. The first kappa shape index (κ1) is 16.5. The summed E-state index contributed by atoms with van der Waals surface area (Å²) in [5.74, 6) is 0. The van der Waals surface area contributed by atoms with Crippen LogP contribution in [0.2, 0.25) is 0 Å². The SMILES string of the molecule is Cc1n[nH]cc1-c1cc2c3c([nH]c(=O)c2s1)C(O)(C(C)(C)C)COC3. The van der Waals surface area contributed by atoms with Crippen LogP contribution >= 0.6 is 11.3 Å². The van der Waals surface area contributed by atoms with Gasteiger partial charge in [-0.25, -0.2) is 0 Å². The molecule has 0 aliphatic carbocycles. The standard InChI is InChI=1S/C18H21N3O3S/c1-9-11(6-19-21-9)13-5-10-12-7-24-8-18(23,17(2,3)4)15(12)20-16(22)14(10)25-13/h5-6,23H,7-8H2,1-4H3,(H,19,21)(H,20,22). The highest BCUT2D eigenvalue weighted by atomic mass is 32.1. The molecule has 0 saturated heterocycles. The lowest BCUT2D eigenvalue weighted by atomic mass is 9.72. The van der Waals surface area contributed by atoms with Crippen LogP contribution in [0.5, 0.6) is 0 Å². The van der Waals surface area contributed by atoms with Gasteiger partial charge in [0.25, 0.3) is 5.56 Å². The molecule has 3 aromatic rings. The molecular formula is C18H21N3O3S. The quantitative estimate of drug-likeness (QED) is 0.623. The monoisotopic (exact) mass is 359 g/mol. The van der Waals surface area contributed by atoms with Gasteiger partial charge in [0.15, 0.2) is 0 Å². The Morgan fingerprint density at radius 3 is 2.80 bits per heavy atom. The summed E-state index contributed by atoms with van der Waals surface area (Å²) < 4.78 is 6.37. The number of ether oxygens (including phenoxy) is 1. The van der Waals surface area contributed by atoms with E-state index in [0.717, 1.165) is 27.1 Å². The second kappa shape index (κ2) is 5.27. The number of hydrogen-bond donors (Lipinski definition) is 3. The lowest BCUT2D eigenvalue weighted by Crippen LogP contribution is -2.48.